The number of hydrogen-bond donors (Lipinski definition) is 3. The van der Waals surface area contributed by atoms with Gasteiger partial charge in [0.2, 0.25) is 5.91 Å². The predicted molar refractivity (Wildman–Crippen MR) is 139 cm³/mol. The van der Waals surface area contributed by atoms with E-state index in [1.807, 2.05) is 49.4 Å². The molecule has 1 aliphatic carbocycles. The maximum atomic E-state index is 14.2. The molecule has 0 saturated heterocycles. The Hall–Kier alpha value is -4.39. The zero-order valence-electron chi connectivity index (χ0n) is 20.1. The largest absolute Gasteiger partial charge is 0.495 e. The fourth-order valence-electron chi connectivity index (χ4n) is 4.28. The highest BCUT2D eigenvalue weighted by Crippen LogP contribution is 2.44. The number of amides is 1. The highest BCUT2D eigenvalue weighted by Gasteiger charge is 2.26. The summed E-state index contributed by atoms with van der Waals surface area (Å²) in [6, 6.07) is 19.7. The minimum atomic E-state index is -0.973. The van der Waals surface area contributed by atoms with Crippen LogP contribution in [0.5, 0.6) is 5.75 Å². The van der Waals surface area contributed by atoms with Gasteiger partial charge in [0.1, 0.15) is 18.1 Å². The molecule has 0 saturated carbocycles. The van der Waals surface area contributed by atoms with Crippen LogP contribution in [0, 0.1) is 5.82 Å². The molecule has 0 unspecified atom stereocenters. The maximum Gasteiger partial charge on any atom is 0.322 e. The number of fused-ring (bicyclic) bond motifs is 1. The Labute approximate surface area is 209 Å². The number of hydrogen-bond acceptors (Lipinski definition) is 4. The van der Waals surface area contributed by atoms with E-state index in [4.69, 9.17) is 9.84 Å². The third-order valence-electron chi connectivity index (χ3n) is 6.09. The number of carbonyl (C=O) groups is 2. The molecule has 7 heteroatoms. The summed E-state index contributed by atoms with van der Waals surface area (Å²) in [6.45, 7) is 2.13. The SMILES string of the molecule is COc1cc(C=C2C(C)=C(CC(=O)NCc3ccccc3)c3cc(F)ccc32)ccc1NCC(=O)O. The molecule has 0 fully saturated rings. The van der Waals surface area contributed by atoms with Gasteiger partial charge in [0.15, 0.2) is 0 Å². The Morgan fingerprint density at radius 1 is 1.03 bits per heavy atom. The lowest BCUT2D eigenvalue weighted by Gasteiger charge is -2.11. The summed E-state index contributed by atoms with van der Waals surface area (Å²) in [7, 11) is 1.52. The van der Waals surface area contributed by atoms with E-state index in [1.54, 1.807) is 18.2 Å². The minimum Gasteiger partial charge on any atom is -0.495 e. The van der Waals surface area contributed by atoms with E-state index in [1.165, 1.54) is 19.2 Å². The molecule has 36 heavy (non-hydrogen) atoms. The molecule has 0 radical (unpaired) electrons. The van der Waals surface area contributed by atoms with Crippen LogP contribution in [-0.4, -0.2) is 30.6 Å². The third kappa shape index (κ3) is 5.63. The van der Waals surface area contributed by atoms with Crippen molar-refractivity contribution in [3.63, 3.8) is 0 Å². The first kappa shape index (κ1) is 24.7. The second-order valence-corrected chi connectivity index (χ2v) is 8.50. The van der Waals surface area contributed by atoms with E-state index >= 15 is 0 Å². The highest BCUT2D eigenvalue weighted by molar-refractivity contribution is 6.08. The van der Waals surface area contributed by atoms with Crippen molar-refractivity contribution in [2.45, 2.75) is 19.9 Å². The van der Waals surface area contributed by atoms with Crippen molar-refractivity contribution in [2.75, 3.05) is 19.0 Å². The summed E-state index contributed by atoms with van der Waals surface area (Å²) in [5.41, 5.74) is 6.54. The number of methoxy groups -OCH3 is 1. The van der Waals surface area contributed by atoms with Crippen LogP contribution in [-0.2, 0) is 16.1 Å². The molecule has 0 aliphatic heterocycles. The smallest absolute Gasteiger partial charge is 0.322 e. The maximum absolute atomic E-state index is 14.2. The lowest BCUT2D eigenvalue weighted by Crippen LogP contribution is -2.22. The number of rotatable bonds is 9. The number of nitrogens with one attached hydrogen (secondary N) is 2. The average molecular weight is 487 g/mol. The van der Waals surface area contributed by atoms with Crippen molar-refractivity contribution in [2.24, 2.45) is 0 Å². The molecule has 3 N–H and O–H groups in total. The lowest BCUT2D eigenvalue weighted by molar-refractivity contribution is -0.135. The first-order chi connectivity index (χ1) is 17.4. The molecular weight excluding hydrogens is 459 g/mol. The second-order valence-electron chi connectivity index (χ2n) is 8.50. The number of ether oxygens (including phenoxy) is 1. The van der Waals surface area contributed by atoms with E-state index < -0.39 is 5.97 Å². The van der Waals surface area contributed by atoms with Gasteiger partial charge >= 0.3 is 5.97 Å². The molecule has 0 aromatic heterocycles. The van der Waals surface area contributed by atoms with Crippen molar-refractivity contribution in [3.05, 3.63) is 100 Å². The monoisotopic (exact) mass is 486 g/mol. The van der Waals surface area contributed by atoms with Gasteiger partial charge in [-0.15, -0.1) is 0 Å². The fourth-order valence-corrected chi connectivity index (χ4v) is 4.28. The molecule has 3 aromatic rings. The van der Waals surface area contributed by atoms with E-state index in [0.717, 1.165) is 33.4 Å². The molecule has 1 amide bonds. The van der Waals surface area contributed by atoms with E-state index in [-0.39, 0.29) is 24.7 Å². The summed E-state index contributed by atoms with van der Waals surface area (Å²) >= 11 is 0. The predicted octanol–water partition coefficient (Wildman–Crippen LogP) is 5.37. The van der Waals surface area contributed by atoms with Crippen molar-refractivity contribution in [1.29, 1.82) is 0 Å². The van der Waals surface area contributed by atoms with Crippen LogP contribution in [0.3, 0.4) is 0 Å². The zero-order valence-corrected chi connectivity index (χ0v) is 20.1. The number of carboxylic acids is 1. The number of halogens is 1. The Morgan fingerprint density at radius 3 is 2.53 bits per heavy atom. The Morgan fingerprint density at radius 2 is 1.81 bits per heavy atom. The first-order valence-corrected chi connectivity index (χ1v) is 11.5. The highest BCUT2D eigenvalue weighted by atomic mass is 19.1. The summed E-state index contributed by atoms with van der Waals surface area (Å²) in [5, 5.41) is 14.7. The zero-order chi connectivity index (χ0) is 25.7. The van der Waals surface area contributed by atoms with Crippen LogP contribution in [0.25, 0.3) is 17.2 Å². The standard InChI is InChI=1S/C29H27FN2O4/c1-18-23(12-20-8-11-26(27(13-20)36-2)31-17-29(34)35)22-10-9-21(30)14-25(22)24(18)15-28(33)32-16-19-6-4-3-5-7-19/h3-14,31H,15-17H2,1-2H3,(H,32,33)(H,34,35). The van der Waals surface area contributed by atoms with Crippen molar-refractivity contribution in [3.8, 4) is 5.75 Å². The van der Waals surface area contributed by atoms with Crippen LogP contribution in [0.4, 0.5) is 10.1 Å². The third-order valence-corrected chi connectivity index (χ3v) is 6.09. The fraction of sp³-hybridized carbons (Fsp3) is 0.172. The number of allylic oxidation sites excluding steroid dienone is 2. The van der Waals surface area contributed by atoms with Gasteiger partial charge in [-0.3, -0.25) is 9.59 Å². The Kier molecular flexibility index (Phi) is 7.49. The van der Waals surface area contributed by atoms with Crippen LogP contribution in [0.15, 0.2) is 72.3 Å². The first-order valence-electron chi connectivity index (χ1n) is 11.5. The number of carboxylic acid groups (broad SMARTS) is 1. The Bertz CT molecular complexity index is 1360. The second kappa shape index (κ2) is 10.9. The molecule has 0 spiro atoms. The van der Waals surface area contributed by atoms with Gasteiger partial charge in [0.25, 0.3) is 0 Å². The van der Waals surface area contributed by atoms with Crippen LogP contribution in [0.2, 0.25) is 0 Å². The summed E-state index contributed by atoms with van der Waals surface area (Å²) in [4.78, 5) is 23.7. The molecular formula is C29H27FN2O4. The summed E-state index contributed by atoms with van der Waals surface area (Å²) in [6.07, 6.45) is 2.10. The molecule has 0 atom stereocenters. The van der Waals surface area contributed by atoms with Gasteiger partial charge in [0.05, 0.1) is 19.2 Å². The number of aliphatic carboxylic acids is 1. The van der Waals surface area contributed by atoms with Gasteiger partial charge in [-0.2, -0.15) is 0 Å². The van der Waals surface area contributed by atoms with Gasteiger partial charge in [-0.1, -0.05) is 42.5 Å². The summed E-state index contributed by atoms with van der Waals surface area (Å²) in [5.74, 6) is -0.968. The minimum absolute atomic E-state index is 0.133. The molecule has 1 aliphatic rings. The van der Waals surface area contributed by atoms with Gasteiger partial charge in [-0.05, 0) is 76.2 Å². The van der Waals surface area contributed by atoms with Gasteiger partial charge in [0, 0.05) is 6.54 Å². The number of carbonyl (C=O) groups excluding carboxylic acids is 1. The molecule has 184 valence electrons. The van der Waals surface area contributed by atoms with E-state index in [2.05, 4.69) is 10.6 Å². The molecule has 0 heterocycles. The van der Waals surface area contributed by atoms with Crippen LogP contribution >= 0.6 is 0 Å². The average Bonchev–Trinajstić information content (AvgIpc) is 3.12. The summed E-state index contributed by atoms with van der Waals surface area (Å²) < 4.78 is 19.6. The van der Waals surface area contributed by atoms with Crippen molar-refractivity contribution >= 4 is 34.8 Å². The van der Waals surface area contributed by atoms with E-state index in [0.29, 0.717) is 23.5 Å². The molecule has 0 bridgehead atoms. The van der Waals surface area contributed by atoms with E-state index in [9.17, 15) is 14.0 Å². The topological polar surface area (TPSA) is 87.7 Å². The molecule has 4 rings (SSSR count). The quantitative estimate of drug-likeness (QED) is 0.379. The van der Waals surface area contributed by atoms with Crippen molar-refractivity contribution < 1.29 is 23.8 Å². The molecule has 3 aromatic carbocycles. The van der Waals surface area contributed by atoms with Crippen LogP contribution in [0.1, 0.15) is 35.6 Å². The number of anilines is 1. The van der Waals surface area contributed by atoms with Crippen molar-refractivity contribution in [1.82, 2.24) is 5.32 Å². The molecule has 6 nitrogen and oxygen atoms in total. The number of benzene rings is 3. The Balaban J connectivity index is 1.62. The van der Waals surface area contributed by atoms with Crippen LogP contribution < -0.4 is 15.4 Å². The normalized spacial score (nSPS) is 13.5. The lowest BCUT2D eigenvalue weighted by atomic mass is 10.00. The van der Waals surface area contributed by atoms with Gasteiger partial charge < -0.3 is 20.5 Å². The van der Waals surface area contributed by atoms with Gasteiger partial charge in [-0.25, -0.2) is 4.39 Å².